The second kappa shape index (κ2) is 7.25. The van der Waals surface area contributed by atoms with Crippen LogP contribution in [0.3, 0.4) is 0 Å². The summed E-state index contributed by atoms with van der Waals surface area (Å²) in [6.45, 7) is 2.99. The number of nitrogens with zero attached hydrogens (tertiary/aromatic N) is 1. The molecule has 0 aromatic heterocycles. The van der Waals surface area contributed by atoms with Gasteiger partial charge in [0.15, 0.2) is 0 Å². The largest absolute Gasteiger partial charge is 0.416 e. The van der Waals surface area contributed by atoms with Crippen LogP contribution in [0.15, 0.2) is 53.0 Å². The van der Waals surface area contributed by atoms with Crippen molar-refractivity contribution in [1.82, 2.24) is 10.2 Å². The molecular weight excluding hydrogens is 381 g/mol. The molecule has 24 heavy (non-hydrogen) atoms. The summed E-state index contributed by atoms with van der Waals surface area (Å²) in [5.74, 6) is 0. The molecule has 1 saturated heterocycles. The normalized spacial score (nSPS) is 17.7. The first-order valence-corrected chi connectivity index (χ1v) is 8.62. The molecule has 1 N–H and O–H groups in total. The van der Waals surface area contributed by atoms with Crippen LogP contribution in [0.1, 0.15) is 22.7 Å². The molecule has 0 spiro atoms. The Hall–Kier alpha value is -1.37. The van der Waals surface area contributed by atoms with Crippen molar-refractivity contribution in [2.24, 2.45) is 0 Å². The maximum absolute atomic E-state index is 13.5. The molecule has 3 rings (SSSR count). The Morgan fingerprint density at radius 2 is 1.58 bits per heavy atom. The van der Waals surface area contributed by atoms with E-state index in [1.807, 2.05) is 24.3 Å². The maximum atomic E-state index is 13.5. The standard InChI is InChI=1S/C18H18BrF3N2/c19-14-7-5-13(6-8-14)17(24-11-9-23-10-12-24)15-3-1-2-4-16(15)18(20,21)22/h1-8,17,23H,9-12H2. The molecule has 2 aromatic rings. The van der Waals surface area contributed by atoms with Crippen molar-refractivity contribution in [3.8, 4) is 0 Å². The highest BCUT2D eigenvalue weighted by molar-refractivity contribution is 9.10. The van der Waals surface area contributed by atoms with Crippen molar-refractivity contribution in [3.63, 3.8) is 0 Å². The molecule has 0 bridgehead atoms. The lowest BCUT2D eigenvalue weighted by atomic mass is 9.92. The zero-order chi connectivity index (χ0) is 17.2. The van der Waals surface area contributed by atoms with Crippen LogP contribution in [0.5, 0.6) is 0 Å². The smallest absolute Gasteiger partial charge is 0.314 e. The van der Waals surface area contributed by atoms with Crippen LogP contribution in [-0.2, 0) is 6.18 Å². The first-order chi connectivity index (χ1) is 11.5. The molecule has 2 aromatic carbocycles. The molecule has 0 aliphatic carbocycles. The highest BCUT2D eigenvalue weighted by Crippen LogP contribution is 2.39. The lowest BCUT2D eigenvalue weighted by Crippen LogP contribution is -2.45. The Kier molecular flexibility index (Phi) is 5.27. The number of piperazine rings is 1. The average molecular weight is 399 g/mol. The number of hydrogen-bond donors (Lipinski definition) is 1. The fraction of sp³-hybridized carbons (Fsp3) is 0.333. The van der Waals surface area contributed by atoms with E-state index in [9.17, 15) is 13.2 Å². The topological polar surface area (TPSA) is 15.3 Å². The summed E-state index contributed by atoms with van der Waals surface area (Å²) in [5, 5.41) is 3.26. The molecule has 128 valence electrons. The predicted molar refractivity (Wildman–Crippen MR) is 91.9 cm³/mol. The van der Waals surface area contributed by atoms with Gasteiger partial charge in [-0.1, -0.05) is 46.3 Å². The van der Waals surface area contributed by atoms with Crippen LogP contribution in [0, 0.1) is 0 Å². The third-order valence-electron chi connectivity index (χ3n) is 4.26. The number of halogens is 4. The molecule has 1 fully saturated rings. The van der Waals surface area contributed by atoms with Crippen molar-refractivity contribution in [1.29, 1.82) is 0 Å². The highest BCUT2D eigenvalue weighted by Gasteiger charge is 2.37. The summed E-state index contributed by atoms with van der Waals surface area (Å²) in [7, 11) is 0. The summed E-state index contributed by atoms with van der Waals surface area (Å²) < 4.78 is 41.5. The fourth-order valence-electron chi connectivity index (χ4n) is 3.17. The van der Waals surface area contributed by atoms with E-state index in [1.54, 1.807) is 12.1 Å². The third kappa shape index (κ3) is 3.82. The van der Waals surface area contributed by atoms with Crippen molar-refractivity contribution >= 4 is 15.9 Å². The Labute approximate surface area is 147 Å². The molecule has 1 heterocycles. The first kappa shape index (κ1) is 17.5. The SMILES string of the molecule is FC(F)(F)c1ccccc1C(c1ccc(Br)cc1)N1CCNCC1. The average Bonchev–Trinajstić information content (AvgIpc) is 2.57. The molecule has 0 amide bonds. The van der Waals surface area contributed by atoms with Crippen molar-refractivity contribution in [2.45, 2.75) is 12.2 Å². The molecule has 2 nitrogen and oxygen atoms in total. The van der Waals surface area contributed by atoms with E-state index in [-0.39, 0.29) is 0 Å². The molecule has 1 aliphatic rings. The van der Waals surface area contributed by atoms with Gasteiger partial charge in [0.25, 0.3) is 0 Å². The zero-order valence-electron chi connectivity index (χ0n) is 13.0. The molecule has 0 radical (unpaired) electrons. The fourth-order valence-corrected chi connectivity index (χ4v) is 3.43. The van der Waals surface area contributed by atoms with Gasteiger partial charge in [-0.2, -0.15) is 13.2 Å². The Morgan fingerprint density at radius 1 is 0.958 bits per heavy atom. The van der Waals surface area contributed by atoms with Crippen LogP contribution < -0.4 is 5.32 Å². The second-order valence-electron chi connectivity index (χ2n) is 5.83. The van der Waals surface area contributed by atoms with Gasteiger partial charge in [-0.25, -0.2) is 0 Å². The van der Waals surface area contributed by atoms with Gasteiger partial charge in [0.05, 0.1) is 11.6 Å². The summed E-state index contributed by atoms with van der Waals surface area (Å²) in [6.07, 6.45) is -4.36. The lowest BCUT2D eigenvalue weighted by molar-refractivity contribution is -0.138. The molecular formula is C18H18BrF3N2. The number of hydrogen-bond acceptors (Lipinski definition) is 2. The molecule has 1 unspecified atom stereocenters. The van der Waals surface area contributed by atoms with E-state index in [0.29, 0.717) is 18.7 Å². The van der Waals surface area contributed by atoms with E-state index < -0.39 is 17.8 Å². The quantitative estimate of drug-likeness (QED) is 0.820. The van der Waals surface area contributed by atoms with E-state index in [4.69, 9.17) is 0 Å². The van der Waals surface area contributed by atoms with E-state index in [2.05, 4.69) is 26.1 Å². The van der Waals surface area contributed by atoms with Gasteiger partial charge >= 0.3 is 6.18 Å². The lowest BCUT2D eigenvalue weighted by Gasteiger charge is -2.36. The van der Waals surface area contributed by atoms with Crippen LogP contribution >= 0.6 is 15.9 Å². The first-order valence-electron chi connectivity index (χ1n) is 7.83. The van der Waals surface area contributed by atoms with Gasteiger partial charge in [-0.05, 0) is 29.3 Å². The van der Waals surface area contributed by atoms with Crippen LogP contribution in [-0.4, -0.2) is 31.1 Å². The van der Waals surface area contributed by atoms with Gasteiger partial charge in [0, 0.05) is 30.7 Å². The minimum Gasteiger partial charge on any atom is -0.314 e. The number of rotatable bonds is 3. The third-order valence-corrected chi connectivity index (χ3v) is 4.79. The summed E-state index contributed by atoms with van der Waals surface area (Å²) >= 11 is 3.39. The van der Waals surface area contributed by atoms with Crippen molar-refractivity contribution < 1.29 is 13.2 Å². The van der Waals surface area contributed by atoms with Gasteiger partial charge in [0.2, 0.25) is 0 Å². The van der Waals surface area contributed by atoms with Crippen LogP contribution in [0.4, 0.5) is 13.2 Å². The number of alkyl halides is 3. The van der Waals surface area contributed by atoms with Crippen LogP contribution in [0.2, 0.25) is 0 Å². The zero-order valence-corrected chi connectivity index (χ0v) is 14.6. The Bertz CT molecular complexity index is 679. The minimum absolute atomic E-state index is 0.314. The Morgan fingerprint density at radius 3 is 2.21 bits per heavy atom. The predicted octanol–water partition coefficient (Wildman–Crippen LogP) is 4.46. The minimum atomic E-state index is -4.36. The van der Waals surface area contributed by atoms with Crippen LogP contribution in [0.25, 0.3) is 0 Å². The summed E-state index contributed by atoms with van der Waals surface area (Å²) in [5.41, 5.74) is 0.627. The van der Waals surface area contributed by atoms with E-state index in [0.717, 1.165) is 23.1 Å². The van der Waals surface area contributed by atoms with Crippen molar-refractivity contribution in [2.75, 3.05) is 26.2 Å². The van der Waals surface area contributed by atoms with Gasteiger partial charge in [-0.3, -0.25) is 4.90 Å². The molecule has 1 atom stereocenters. The summed E-state index contributed by atoms with van der Waals surface area (Å²) in [4.78, 5) is 2.12. The van der Waals surface area contributed by atoms with Crippen molar-refractivity contribution in [3.05, 3.63) is 69.7 Å². The van der Waals surface area contributed by atoms with Gasteiger partial charge < -0.3 is 5.32 Å². The maximum Gasteiger partial charge on any atom is 0.416 e. The Balaban J connectivity index is 2.09. The van der Waals surface area contributed by atoms with E-state index >= 15 is 0 Å². The van der Waals surface area contributed by atoms with E-state index in [1.165, 1.54) is 12.1 Å². The molecule has 6 heteroatoms. The monoisotopic (exact) mass is 398 g/mol. The molecule has 0 saturated carbocycles. The van der Waals surface area contributed by atoms with Gasteiger partial charge in [-0.15, -0.1) is 0 Å². The number of benzene rings is 2. The summed E-state index contributed by atoms with van der Waals surface area (Å²) in [6, 6.07) is 13.0. The van der Waals surface area contributed by atoms with Gasteiger partial charge in [0.1, 0.15) is 0 Å². The molecule has 1 aliphatic heterocycles. The highest BCUT2D eigenvalue weighted by atomic mass is 79.9. The second-order valence-corrected chi connectivity index (χ2v) is 6.74. The number of nitrogens with one attached hydrogen (secondary N) is 1.